The number of nitrogens with one attached hydrogen (secondary N) is 2. The molecule has 0 atom stereocenters. The molecule has 2 N–H and O–H groups in total. The standard InChI is InChI=1S/C13H19FN2O4S/c1-13(2)19-7-10(8-20-13)15-9-4-5-11(14)12(6-9)16-21(3,17)18/h4-6,10,15-16H,7-8H2,1-3H3. The maximum Gasteiger partial charge on any atom is 0.229 e. The van der Waals surface area contributed by atoms with E-state index in [1.54, 1.807) is 0 Å². The first kappa shape index (κ1) is 16.0. The average Bonchev–Trinajstić information content (AvgIpc) is 2.34. The Hall–Kier alpha value is -1.38. The summed E-state index contributed by atoms with van der Waals surface area (Å²) in [4.78, 5) is 0. The van der Waals surface area contributed by atoms with Crippen LogP contribution in [0.4, 0.5) is 15.8 Å². The molecular weight excluding hydrogens is 299 g/mol. The second-order valence-corrected chi connectivity index (χ2v) is 7.18. The molecule has 0 amide bonds. The van der Waals surface area contributed by atoms with Crippen molar-refractivity contribution in [2.75, 3.05) is 29.5 Å². The third kappa shape index (κ3) is 4.83. The fourth-order valence-electron chi connectivity index (χ4n) is 1.90. The maximum atomic E-state index is 13.6. The van der Waals surface area contributed by atoms with Crippen molar-refractivity contribution in [3.63, 3.8) is 0 Å². The Morgan fingerprint density at radius 2 is 1.90 bits per heavy atom. The number of sulfonamides is 1. The zero-order valence-electron chi connectivity index (χ0n) is 12.1. The van der Waals surface area contributed by atoms with Gasteiger partial charge in [-0.2, -0.15) is 0 Å². The van der Waals surface area contributed by atoms with Crippen LogP contribution in [0.25, 0.3) is 0 Å². The molecule has 118 valence electrons. The Morgan fingerprint density at radius 3 is 2.48 bits per heavy atom. The number of anilines is 2. The number of hydrogen-bond acceptors (Lipinski definition) is 5. The number of hydrogen-bond donors (Lipinski definition) is 2. The predicted molar refractivity (Wildman–Crippen MR) is 78.3 cm³/mol. The predicted octanol–water partition coefficient (Wildman–Crippen LogP) is 1.76. The minimum absolute atomic E-state index is 0.0884. The first-order chi connectivity index (χ1) is 9.65. The van der Waals surface area contributed by atoms with E-state index >= 15 is 0 Å². The lowest BCUT2D eigenvalue weighted by molar-refractivity contribution is -0.247. The van der Waals surface area contributed by atoms with E-state index in [0.29, 0.717) is 18.9 Å². The van der Waals surface area contributed by atoms with Gasteiger partial charge in [0.05, 0.1) is 31.2 Å². The van der Waals surface area contributed by atoms with Gasteiger partial charge in [-0.1, -0.05) is 0 Å². The number of benzene rings is 1. The lowest BCUT2D eigenvalue weighted by Crippen LogP contribution is -2.45. The molecule has 1 aromatic rings. The lowest BCUT2D eigenvalue weighted by atomic mass is 10.2. The van der Waals surface area contributed by atoms with Crippen LogP contribution >= 0.6 is 0 Å². The van der Waals surface area contributed by atoms with E-state index in [1.807, 2.05) is 13.8 Å². The summed E-state index contributed by atoms with van der Waals surface area (Å²) in [5, 5.41) is 3.12. The van der Waals surface area contributed by atoms with Crippen molar-refractivity contribution in [2.24, 2.45) is 0 Å². The molecule has 1 aromatic carbocycles. The summed E-state index contributed by atoms with van der Waals surface area (Å²) in [6, 6.07) is 4.04. The van der Waals surface area contributed by atoms with E-state index in [4.69, 9.17) is 9.47 Å². The third-order valence-corrected chi connectivity index (χ3v) is 3.49. The van der Waals surface area contributed by atoms with E-state index in [2.05, 4.69) is 10.0 Å². The Morgan fingerprint density at radius 1 is 1.29 bits per heavy atom. The van der Waals surface area contributed by atoms with Gasteiger partial charge in [-0.3, -0.25) is 4.72 Å². The van der Waals surface area contributed by atoms with Gasteiger partial charge in [-0.05, 0) is 32.0 Å². The second-order valence-electron chi connectivity index (χ2n) is 5.43. The molecule has 6 nitrogen and oxygen atoms in total. The van der Waals surface area contributed by atoms with Crippen LogP contribution in [0.3, 0.4) is 0 Å². The van der Waals surface area contributed by atoms with E-state index in [1.165, 1.54) is 18.2 Å². The second kappa shape index (κ2) is 5.78. The number of ether oxygens (including phenoxy) is 2. The fourth-order valence-corrected chi connectivity index (χ4v) is 2.46. The van der Waals surface area contributed by atoms with Crippen LogP contribution in [-0.2, 0) is 19.5 Å². The summed E-state index contributed by atoms with van der Waals surface area (Å²) in [6.45, 7) is 4.54. The molecule has 8 heteroatoms. The smallest absolute Gasteiger partial charge is 0.229 e. The first-order valence-electron chi connectivity index (χ1n) is 6.46. The summed E-state index contributed by atoms with van der Waals surface area (Å²) in [7, 11) is -3.53. The topological polar surface area (TPSA) is 76.7 Å². The van der Waals surface area contributed by atoms with Gasteiger partial charge in [-0.15, -0.1) is 0 Å². The highest BCUT2D eigenvalue weighted by Crippen LogP contribution is 2.23. The highest BCUT2D eigenvalue weighted by Gasteiger charge is 2.28. The summed E-state index contributed by atoms with van der Waals surface area (Å²) in [5.41, 5.74) is 0.486. The van der Waals surface area contributed by atoms with Crippen LogP contribution in [0, 0.1) is 5.82 Å². The molecule has 21 heavy (non-hydrogen) atoms. The molecule has 0 aromatic heterocycles. The van der Waals surface area contributed by atoms with Gasteiger partial charge in [0.25, 0.3) is 0 Å². The van der Waals surface area contributed by atoms with Gasteiger partial charge >= 0.3 is 0 Å². The van der Waals surface area contributed by atoms with Gasteiger partial charge in [0, 0.05) is 5.69 Å². The molecule has 1 aliphatic rings. The Labute approximate surface area is 123 Å². The van der Waals surface area contributed by atoms with Crippen molar-refractivity contribution in [2.45, 2.75) is 25.7 Å². The minimum Gasteiger partial charge on any atom is -0.378 e. The molecule has 1 heterocycles. The highest BCUT2D eigenvalue weighted by atomic mass is 32.2. The van der Waals surface area contributed by atoms with E-state index in [-0.39, 0.29) is 11.7 Å². The van der Waals surface area contributed by atoms with Gasteiger partial charge in [0.15, 0.2) is 5.79 Å². The van der Waals surface area contributed by atoms with Gasteiger partial charge < -0.3 is 14.8 Å². The molecule has 0 unspecified atom stereocenters. The van der Waals surface area contributed by atoms with Crippen molar-refractivity contribution in [3.8, 4) is 0 Å². The number of halogens is 1. The quantitative estimate of drug-likeness (QED) is 0.884. The van der Waals surface area contributed by atoms with Crippen molar-refractivity contribution >= 4 is 21.4 Å². The highest BCUT2D eigenvalue weighted by molar-refractivity contribution is 7.92. The summed E-state index contributed by atoms with van der Waals surface area (Å²) in [6.07, 6.45) is 0.970. The van der Waals surface area contributed by atoms with Crippen LogP contribution in [0.2, 0.25) is 0 Å². The van der Waals surface area contributed by atoms with Crippen molar-refractivity contribution in [3.05, 3.63) is 24.0 Å². The minimum atomic E-state index is -3.53. The van der Waals surface area contributed by atoms with E-state index in [0.717, 1.165) is 6.26 Å². The number of rotatable bonds is 4. The molecule has 1 fully saturated rings. The molecule has 0 saturated carbocycles. The average molecular weight is 318 g/mol. The van der Waals surface area contributed by atoms with Crippen molar-refractivity contribution in [1.82, 2.24) is 0 Å². The fraction of sp³-hybridized carbons (Fsp3) is 0.538. The molecule has 0 bridgehead atoms. The van der Waals surface area contributed by atoms with Gasteiger partial charge in [0.1, 0.15) is 5.82 Å². The zero-order chi connectivity index (χ0) is 15.7. The van der Waals surface area contributed by atoms with E-state index < -0.39 is 21.6 Å². The molecule has 0 spiro atoms. The molecule has 0 radical (unpaired) electrons. The lowest BCUT2D eigenvalue weighted by Gasteiger charge is -2.35. The monoisotopic (exact) mass is 318 g/mol. The SMILES string of the molecule is CC1(C)OCC(Nc2ccc(F)c(NS(C)(=O)=O)c2)CO1. The van der Waals surface area contributed by atoms with Crippen LogP contribution in [-0.4, -0.2) is 39.7 Å². The Bertz CT molecular complexity index is 609. The van der Waals surface area contributed by atoms with Crippen LogP contribution in [0.5, 0.6) is 0 Å². The third-order valence-electron chi connectivity index (χ3n) is 2.90. The largest absolute Gasteiger partial charge is 0.378 e. The molecule has 1 saturated heterocycles. The Balaban J connectivity index is 2.06. The van der Waals surface area contributed by atoms with Crippen molar-refractivity contribution < 1.29 is 22.3 Å². The normalized spacial score (nSPS) is 19.2. The summed E-state index contributed by atoms with van der Waals surface area (Å²) >= 11 is 0. The van der Waals surface area contributed by atoms with Crippen LogP contribution < -0.4 is 10.0 Å². The first-order valence-corrected chi connectivity index (χ1v) is 8.35. The Kier molecular flexibility index (Phi) is 4.40. The molecule has 1 aliphatic heterocycles. The van der Waals surface area contributed by atoms with E-state index in [9.17, 15) is 12.8 Å². The maximum absolute atomic E-state index is 13.6. The van der Waals surface area contributed by atoms with Crippen LogP contribution in [0.1, 0.15) is 13.8 Å². The van der Waals surface area contributed by atoms with Crippen molar-refractivity contribution in [1.29, 1.82) is 0 Å². The molecular formula is C13H19FN2O4S. The summed E-state index contributed by atoms with van der Waals surface area (Å²) < 4.78 is 49.1. The van der Waals surface area contributed by atoms with Gasteiger partial charge in [-0.25, -0.2) is 12.8 Å². The van der Waals surface area contributed by atoms with Crippen LogP contribution in [0.15, 0.2) is 18.2 Å². The summed E-state index contributed by atoms with van der Waals surface area (Å²) in [5.74, 6) is -1.24. The van der Waals surface area contributed by atoms with Gasteiger partial charge in [0.2, 0.25) is 10.0 Å². The zero-order valence-corrected chi connectivity index (χ0v) is 13.0. The molecule has 0 aliphatic carbocycles. The molecule has 2 rings (SSSR count).